The van der Waals surface area contributed by atoms with E-state index >= 15 is 0 Å². The lowest BCUT2D eigenvalue weighted by atomic mass is 10.1. The van der Waals surface area contributed by atoms with Crippen molar-refractivity contribution in [3.63, 3.8) is 0 Å². The standard InChI is InChI=1S/C15H11F3N2/c1-10-2-4-11(5-3-10)13-9-20-8-12(15(16,17)18)6-7-14(20)19-13/h2-9H,1H3. The molecule has 2 aromatic heterocycles. The van der Waals surface area contributed by atoms with Crippen LogP contribution in [0.25, 0.3) is 16.9 Å². The summed E-state index contributed by atoms with van der Waals surface area (Å²) in [5.41, 5.74) is 2.47. The van der Waals surface area contributed by atoms with E-state index in [0.29, 0.717) is 11.3 Å². The summed E-state index contributed by atoms with van der Waals surface area (Å²) in [6.45, 7) is 1.98. The van der Waals surface area contributed by atoms with Crippen LogP contribution in [0.15, 0.2) is 48.8 Å². The van der Waals surface area contributed by atoms with Gasteiger partial charge in [-0.3, -0.25) is 0 Å². The molecule has 0 spiro atoms. The van der Waals surface area contributed by atoms with Crippen molar-refractivity contribution in [1.82, 2.24) is 9.38 Å². The predicted octanol–water partition coefficient (Wildman–Crippen LogP) is 4.33. The summed E-state index contributed by atoms with van der Waals surface area (Å²) in [6, 6.07) is 10.1. The van der Waals surface area contributed by atoms with Crippen LogP contribution in [0, 0.1) is 6.92 Å². The van der Waals surface area contributed by atoms with Gasteiger partial charge in [-0.15, -0.1) is 0 Å². The molecule has 102 valence electrons. The molecule has 2 nitrogen and oxygen atoms in total. The van der Waals surface area contributed by atoms with Crippen LogP contribution in [0.3, 0.4) is 0 Å². The van der Waals surface area contributed by atoms with Gasteiger partial charge in [0.1, 0.15) is 5.65 Å². The third-order valence-electron chi connectivity index (χ3n) is 3.13. The second-order valence-electron chi connectivity index (χ2n) is 4.67. The van der Waals surface area contributed by atoms with Gasteiger partial charge in [0.15, 0.2) is 0 Å². The van der Waals surface area contributed by atoms with E-state index in [2.05, 4.69) is 4.98 Å². The quantitative estimate of drug-likeness (QED) is 0.646. The topological polar surface area (TPSA) is 17.3 Å². The van der Waals surface area contributed by atoms with Gasteiger partial charge in [0.05, 0.1) is 11.3 Å². The average molecular weight is 276 g/mol. The van der Waals surface area contributed by atoms with Crippen LogP contribution in [-0.4, -0.2) is 9.38 Å². The van der Waals surface area contributed by atoms with Crippen molar-refractivity contribution in [2.75, 3.05) is 0 Å². The van der Waals surface area contributed by atoms with Crippen molar-refractivity contribution in [3.8, 4) is 11.3 Å². The molecule has 0 radical (unpaired) electrons. The summed E-state index contributed by atoms with van der Waals surface area (Å²) in [4.78, 5) is 4.33. The minimum atomic E-state index is -4.34. The fourth-order valence-corrected chi connectivity index (χ4v) is 2.02. The van der Waals surface area contributed by atoms with Crippen molar-refractivity contribution in [2.45, 2.75) is 13.1 Å². The summed E-state index contributed by atoms with van der Waals surface area (Å²) in [7, 11) is 0. The number of alkyl halides is 3. The van der Waals surface area contributed by atoms with Crippen LogP contribution in [0.5, 0.6) is 0 Å². The van der Waals surface area contributed by atoms with Crippen molar-refractivity contribution in [1.29, 1.82) is 0 Å². The molecule has 20 heavy (non-hydrogen) atoms. The number of halogens is 3. The highest BCUT2D eigenvalue weighted by atomic mass is 19.4. The number of hydrogen-bond donors (Lipinski definition) is 0. The van der Waals surface area contributed by atoms with E-state index in [1.54, 1.807) is 6.20 Å². The van der Waals surface area contributed by atoms with Crippen LogP contribution in [0.4, 0.5) is 13.2 Å². The lowest BCUT2D eigenvalue weighted by molar-refractivity contribution is -0.137. The molecule has 0 fully saturated rings. The van der Waals surface area contributed by atoms with Crippen LogP contribution in [0.2, 0.25) is 0 Å². The summed E-state index contributed by atoms with van der Waals surface area (Å²) >= 11 is 0. The minimum absolute atomic E-state index is 0.494. The van der Waals surface area contributed by atoms with Crippen molar-refractivity contribution >= 4 is 5.65 Å². The molecule has 0 amide bonds. The molecule has 3 aromatic rings. The van der Waals surface area contributed by atoms with E-state index < -0.39 is 11.7 Å². The van der Waals surface area contributed by atoms with Crippen molar-refractivity contribution in [3.05, 3.63) is 59.9 Å². The number of rotatable bonds is 1. The molecule has 3 rings (SSSR count). The Balaban J connectivity index is 2.09. The maximum absolute atomic E-state index is 12.7. The van der Waals surface area contributed by atoms with Gasteiger partial charge in [-0.2, -0.15) is 13.2 Å². The molecule has 0 N–H and O–H groups in total. The maximum Gasteiger partial charge on any atom is 0.417 e. The van der Waals surface area contributed by atoms with Gasteiger partial charge in [-0.25, -0.2) is 4.98 Å². The summed E-state index contributed by atoms with van der Waals surface area (Å²) in [6.07, 6.45) is -1.68. The first-order chi connectivity index (χ1) is 9.43. The molecule has 5 heteroatoms. The van der Waals surface area contributed by atoms with E-state index in [-0.39, 0.29) is 0 Å². The molecule has 0 aliphatic carbocycles. The molecule has 1 aromatic carbocycles. The SMILES string of the molecule is Cc1ccc(-c2cn3cc(C(F)(F)F)ccc3n2)cc1. The summed E-state index contributed by atoms with van der Waals surface area (Å²) in [5.74, 6) is 0. The molecule has 0 saturated heterocycles. The number of aromatic nitrogens is 2. The molecule has 0 saturated carbocycles. The molecule has 0 atom stereocenters. The number of pyridine rings is 1. The number of nitrogens with zero attached hydrogens (tertiary/aromatic N) is 2. The molecule has 0 aliphatic heterocycles. The van der Waals surface area contributed by atoms with Gasteiger partial charge in [-0.1, -0.05) is 29.8 Å². The van der Waals surface area contributed by atoms with Gasteiger partial charge in [0, 0.05) is 18.0 Å². The predicted molar refractivity (Wildman–Crippen MR) is 70.4 cm³/mol. The fraction of sp³-hybridized carbons (Fsp3) is 0.133. The largest absolute Gasteiger partial charge is 0.417 e. The van der Waals surface area contributed by atoms with Gasteiger partial charge in [0.2, 0.25) is 0 Å². The summed E-state index contributed by atoms with van der Waals surface area (Å²) < 4.78 is 39.4. The first-order valence-corrected chi connectivity index (χ1v) is 6.06. The average Bonchev–Trinajstić information content (AvgIpc) is 2.81. The number of aryl methyl sites for hydroxylation is 1. The molecule has 0 bridgehead atoms. The van der Waals surface area contributed by atoms with Crippen LogP contribution < -0.4 is 0 Å². The Labute approximate surface area is 113 Å². The lowest BCUT2D eigenvalue weighted by Gasteiger charge is -2.05. The van der Waals surface area contributed by atoms with Crippen molar-refractivity contribution < 1.29 is 13.2 Å². The van der Waals surface area contributed by atoms with E-state index in [4.69, 9.17) is 0 Å². The van der Waals surface area contributed by atoms with Gasteiger partial charge < -0.3 is 4.40 Å². The third kappa shape index (κ3) is 2.27. The zero-order valence-electron chi connectivity index (χ0n) is 10.6. The monoisotopic (exact) mass is 276 g/mol. The van der Waals surface area contributed by atoms with Crippen molar-refractivity contribution in [2.24, 2.45) is 0 Å². The van der Waals surface area contributed by atoms with E-state index in [1.165, 1.54) is 10.5 Å². The minimum Gasteiger partial charge on any atom is -0.306 e. The Morgan fingerprint density at radius 3 is 2.30 bits per heavy atom. The Hall–Kier alpha value is -2.30. The van der Waals surface area contributed by atoms with Crippen LogP contribution in [-0.2, 0) is 6.18 Å². The zero-order chi connectivity index (χ0) is 14.3. The molecular formula is C15H11F3N2. The number of hydrogen-bond acceptors (Lipinski definition) is 1. The Morgan fingerprint density at radius 2 is 1.65 bits per heavy atom. The Kier molecular flexibility index (Phi) is 2.78. The van der Waals surface area contributed by atoms with E-state index in [0.717, 1.165) is 23.4 Å². The van der Waals surface area contributed by atoms with Gasteiger partial charge >= 0.3 is 6.18 Å². The highest BCUT2D eigenvalue weighted by Gasteiger charge is 2.30. The molecular weight excluding hydrogens is 265 g/mol. The van der Waals surface area contributed by atoms with E-state index in [9.17, 15) is 13.2 Å². The van der Waals surface area contributed by atoms with Crippen LogP contribution >= 0.6 is 0 Å². The van der Waals surface area contributed by atoms with Gasteiger partial charge in [-0.05, 0) is 19.1 Å². The Morgan fingerprint density at radius 1 is 0.950 bits per heavy atom. The van der Waals surface area contributed by atoms with E-state index in [1.807, 2.05) is 31.2 Å². The molecule has 2 heterocycles. The second kappa shape index (κ2) is 4.37. The third-order valence-corrected chi connectivity index (χ3v) is 3.13. The summed E-state index contributed by atoms with van der Waals surface area (Å²) in [5, 5.41) is 0. The molecule has 0 aliphatic rings. The normalized spacial score (nSPS) is 12.0. The first kappa shape index (κ1) is 12.7. The fourth-order valence-electron chi connectivity index (χ4n) is 2.02. The van der Waals surface area contributed by atoms with Crippen LogP contribution in [0.1, 0.15) is 11.1 Å². The number of benzene rings is 1. The second-order valence-corrected chi connectivity index (χ2v) is 4.67. The Bertz CT molecular complexity index is 755. The highest BCUT2D eigenvalue weighted by molar-refractivity contribution is 5.63. The molecule has 0 unspecified atom stereocenters. The number of fused-ring (bicyclic) bond motifs is 1. The van der Waals surface area contributed by atoms with Gasteiger partial charge in [0.25, 0.3) is 0 Å². The number of imidazole rings is 1. The zero-order valence-corrected chi connectivity index (χ0v) is 10.6. The smallest absolute Gasteiger partial charge is 0.306 e. The first-order valence-electron chi connectivity index (χ1n) is 6.06. The highest BCUT2D eigenvalue weighted by Crippen LogP contribution is 2.29. The maximum atomic E-state index is 12.7. The lowest BCUT2D eigenvalue weighted by Crippen LogP contribution is -2.05.